The van der Waals surface area contributed by atoms with E-state index in [0.717, 1.165) is 37.6 Å². The van der Waals surface area contributed by atoms with Gasteiger partial charge in [0.2, 0.25) is 0 Å². The van der Waals surface area contributed by atoms with Crippen LogP contribution in [0.25, 0.3) is 0 Å². The fraction of sp³-hybridized carbons (Fsp3) is 0.417. The molecule has 0 spiro atoms. The number of halogens is 1. The second-order valence-corrected chi connectivity index (χ2v) is 4.44. The van der Waals surface area contributed by atoms with Crippen molar-refractivity contribution in [1.82, 2.24) is 10.6 Å². The molecule has 1 aromatic carbocycles. The van der Waals surface area contributed by atoms with Gasteiger partial charge in [0.1, 0.15) is 5.82 Å². The molecule has 102 valence electrons. The molecule has 1 aliphatic heterocycles. The number of rotatable bonds is 3. The summed E-state index contributed by atoms with van der Waals surface area (Å²) >= 11 is 0. The number of amides is 1. The van der Waals surface area contributed by atoms with Crippen LogP contribution in [0.4, 0.5) is 10.1 Å². The van der Waals surface area contributed by atoms with Crippen LogP contribution in [0.2, 0.25) is 0 Å². The minimum atomic E-state index is -0.879. The van der Waals surface area contributed by atoms with Gasteiger partial charge in [0.05, 0.1) is 16.6 Å². The fourth-order valence-corrected chi connectivity index (χ4v) is 2.04. The van der Waals surface area contributed by atoms with E-state index in [0.29, 0.717) is 6.54 Å². The Kier molecular flexibility index (Phi) is 4.06. The van der Waals surface area contributed by atoms with Crippen molar-refractivity contribution in [2.24, 2.45) is 0 Å². The van der Waals surface area contributed by atoms with Crippen molar-refractivity contribution in [3.8, 4) is 0 Å². The first kappa shape index (κ1) is 13.4. The lowest BCUT2D eigenvalue weighted by molar-refractivity contribution is -0.385. The quantitative estimate of drug-likeness (QED) is 0.637. The molecule has 0 aromatic heterocycles. The van der Waals surface area contributed by atoms with Crippen LogP contribution in [0, 0.1) is 15.9 Å². The Morgan fingerprint density at radius 3 is 2.89 bits per heavy atom. The highest BCUT2D eigenvalue weighted by Gasteiger charge is 2.20. The number of hydrogen-bond donors (Lipinski definition) is 2. The van der Waals surface area contributed by atoms with Crippen LogP contribution < -0.4 is 10.6 Å². The summed E-state index contributed by atoms with van der Waals surface area (Å²) in [6.07, 6.45) is 1.79. The van der Waals surface area contributed by atoms with E-state index in [-0.39, 0.29) is 17.3 Å². The maximum Gasteiger partial charge on any atom is 0.272 e. The van der Waals surface area contributed by atoms with Gasteiger partial charge in [-0.1, -0.05) is 0 Å². The van der Waals surface area contributed by atoms with Crippen molar-refractivity contribution >= 4 is 11.6 Å². The second-order valence-electron chi connectivity index (χ2n) is 4.44. The van der Waals surface area contributed by atoms with Crippen LogP contribution >= 0.6 is 0 Å². The molecule has 1 fully saturated rings. The summed E-state index contributed by atoms with van der Waals surface area (Å²) in [4.78, 5) is 21.6. The van der Waals surface area contributed by atoms with E-state index in [1.54, 1.807) is 0 Å². The molecule has 1 atom stereocenters. The van der Waals surface area contributed by atoms with Gasteiger partial charge in [-0.25, -0.2) is 4.39 Å². The third kappa shape index (κ3) is 3.25. The number of nitro benzene ring substituents is 1. The molecule has 2 N–H and O–H groups in total. The molecule has 1 amide bonds. The first-order valence-corrected chi connectivity index (χ1v) is 6.03. The molecule has 1 saturated heterocycles. The van der Waals surface area contributed by atoms with E-state index >= 15 is 0 Å². The van der Waals surface area contributed by atoms with Gasteiger partial charge in [0.25, 0.3) is 11.6 Å². The monoisotopic (exact) mass is 267 g/mol. The van der Waals surface area contributed by atoms with E-state index in [9.17, 15) is 19.3 Å². The molecular weight excluding hydrogens is 253 g/mol. The Balaban J connectivity index is 2.08. The molecule has 2 rings (SSSR count). The van der Waals surface area contributed by atoms with Gasteiger partial charge >= 0.3 is 0 Å². The molecule has 0 bridgehead atoms. The number of carbonyl (C=O) groups excluding carboxylic acids is 1. The average molecular weight is 267 g/mol. The van der Waals surface area contributed by atoms with E-state index in [1.807, 2.05) is 0 Å². The minimum Gasteiger partial charge on any atom is -0.348 e. The molecule has 0 unspecified atom stereocenters. The first-order valence-electron chi connectivity index (χ1n) is 6.03. The predicted molar refractivity (Wildman–Crippen MR) is 66.4 cm³/mol. The molecule has 0 radical (unpaired) electrons. The molecular formula is C12H14FN3O3. The van der Waals surface area contributed by atoms with E-state index in [4.69, 9.17) is 0 Å². The predicted octanol–water partition coefficient (Wildman–Crippen LogP) is 1.22. The van der Waals surface area contributed by atoms with Gasteiger partial charge in [-0.15, -0.1) is 0 Å². The molecule has 6 nitrogen and oxygen atoms in total. The second kappa shape index (κ2) is 5.75. The van der Waals surface area contributed by atoms with E-state index in [1.165, 1.54) is 0 Å². The van der Waals surface area contributed by atoms with Crippen molar-refractivity contribution in [2.45, 2.75) is 18.9 Å². The number of benzene rings is 1. The molecule has 7 heteroatoms. The summed E-state index contributed by atoms with van der Waals surface area (Å²) < 4.78 is 13.6. The summed E-state index contributed by atoms with van der Waals surface area (Å²) in [5, 5.41) is 16.3. The molecule has 19 heavy (non-hydrogen) atoms. The molecule has 0 saturated carbocycles. The normalized spacial score (nSPS) is 18.9. The van der Waals surface area contributed by atoms with E-state index < -0.39 is 16.6 Å². The lowest BCUT2D eigenvalue weighted by Crippen LogP contribution is -2.45. The molecule has 0 aliphatic carbocycles. The fourth-order valence-electron chi connectivity index (χ4n) is 2.04. The smallest absolute Gasteiger partial charge is 0.272 e. The highest BCUT2D eigenvalue weighted by Crippen LogP contribution is 2.16. The summed E-state index contributed by atoms with van der Waals surface area (Å²) in [6, 6.07) is 2.99. The van der Waals surface area contributed by atoms with Crippen LogP contribution in [0.5, 0.6) is 0 Å². The van der Waals surface area contributed by atoms with Crippen molar-refractivity contribution in [3.63, 3.8) is 0 Å². The van der Waals surface area contributed by atoms with Crippen molar-refractivity contribution in [3.05, 3.63) is 39.7 Å². The maximum atomic E-state index is 13.6. The van der Waals surface area contributed by atoms with Crippen LogP contribution in [-0.2, 0) is 0 Å². The van der Waals surface area contributed by atoms with Crippen LogP contribution in [0.15, 0.2) is 18.2 Å². The number of nitro groups is 1. The number of carbonyl (C=O) groups is 1. The Morgan fingerprint density at radius 2 is 2.32 bits per heavy atom. The first-order chi connectivity index (χ1) is 9.08. The molecule has 1 aliphatic rings. The summed E-state index contributed by atoms with van der Waals surface area (Å²) in [6.45, 7) is 1.57. The zero-order valence-electron chi connectivity index (χ0n) is 10.2. The number of non-ortho nitro benzene ring substituents is 1. The van der Waals surface area contributed by atoms with Gasteiger partial charge in [0.15, 0.2) is 0 Å². The zero-order chi connectivity index (χ0) is 13.8. The Hall–Kier alpha value is -2.02. The standard InChI is InChI=1S/C12H14FN3O3/c13-11-6-9(16(18)19)3-4-10(11)12(17)15-8-2-1-5-14-7-8/h3-4,6,8,14H,1-2,5,7H2,(H,15,17)/t8-/m1/s1. The van der Waals surface area contributed by atoms with Crippen LogP contribution in [0.3, 0.4) is 0 Å². The van der Waals surface area contributed by atoms with Gasteiger partial charge in [-0.3, -0.25) is 14.9 Å². The highest BCUT2D eigenvalue weighted by atomic mass is 19.1. The summed E-state index contributed by atoms with van der Waals surface area (Å²) in [7, 11) is 0. The Morgan fingerprint density at radius 1 is 1.53 bits per heavy atom. The highest BCUT2D eigenvalue weighted by molar-refractivity contribution is 5.94. The van der Waals surface area contributed by atoms with Gasteiger partial charge in [0, 0.05) is 18.7 Å². The maximum absolute atomic E-state index is 13.6. The summed E-state index contributed by atoms with van der Waals surface area (Å²) in [5.74, 6) is -1.42. The van der Waals surface area contributed by atoms with Crippen molar-refractivity contribution in [1.29, 1.82) is 0 Å². The van der Waals surface area contributed by atoms with Crippen LogP contribution in [-0.4, -0.2) is 30.0 Å². The lowest BCUT2D eigenvalue weighted by Gasteiger charge is -2.23. The molecule has 1 heterocycles. The number of piperidine rings is 1. The Labute approximate surface area is 109 Å². The number of nitrogens with one attached hydrogen (secondary N) is 2. The SMILES string of the molecule is O=C(N[C@@H]1CCCNC1)c1ccc([N+](=O)[O-])cc1F. The van der Waals surface area contributed by atoms with Crippen molar-refractivity contribution < 1.29 is 14.1 Å². The number of nitrogens with zero attached hydrogens (tertiary/aromatic N) is 1. The minimum absolute atomic E-state index is 0.0316. The largest absolute Gasteiger partial charge is 0.348 e. The van der Waals surface area contributed by atoms with Gasteiger partial charge in [-0.05, 0) is 25.5 Å². The van der Waals surface area contributed by atoms with Gasteiger partial charge in [-0.2, -0.15) is 0 Å². The third-order valence-electron chi connectivity index (χ3n) is 3.04. The Bertz CT molecular complexity index is 501. The van der Waals surface area contributed by atoms with E-state index in [2.05, 4.69) is 10.6 Å². The topological polar surface area (TPSA) is 84.3 Å². The summed E-state index contributed by atoms with van der Waals surface area (Å²) in [5.41, 5.74) is -0.537. The third-order valence-corrected chi connectivity index (χ3v) is 3.04. The van der Waals surface area contributed by atoms with Crippen LogP contribution in [0.1, 0.15) is 23.2 Å². The van der Waals surface area contributed by atoms with Gasteiger partial charge < -0.3 is 10.6 Å². The zero-order valence-corrected chi connectivity index (χ0v) is 10.2. The number of hydrogen-bond acceptors (Lipinski definition) is 4. The average Bonchev–Trinajstić information content (AvgIpc) is 2.39. The van der Waals surface area contributed by atoms with Crippen molar-refractivity contribution in [2.75, 3.05) is 13.1 Å². The lowest BCUT2D eigenvalue weighted by atomic mass is 10.1. The molecule has 1 aromatic rings.